The normalized spacial score (nSPS) is 22.5. The van der Waals surface area contributed by atoms with Crippen molar-refractivity contribution in [2.75, 3.05) is 7.11 Å². The van der Waals surface area contributed by atoms with Gasteiger partial charge in [0.25, 0.3) is 0 Å². The molecule has 0 bridgehead atoms. The molecule has 4 rings (SSSR count). The average Bonchev–Trinajstić information content (AvgIpc) is 2.90. The van der Waals surface area contributed by atoms with Crippen LogP contribution in [0.5, 0.6) is 5.75 Å². The first-order chi connectivity index (χ1) is 10.8. The summed E-state index contributed by atoms with van der Waals surface area (Å²) in [5.41, 5.74) is 3.92. The van der Waals surface area contributed by atoms with Crippen LogP contribution in [0.3, 0.4) is 0 Å². The van der Waals surface area contributed by atoms with Crippen LogP contribution < -0.4 is 4.74 Å². The van der Waals surface area contributed by atoms with Gasteiger partial charge in [-0.15, -0.1) is 0 Å². The van der Waals surface area contributed by atoms with Gasteiger partial charge in [-0.2, -0.15) is 0 Å². The van der Waals surface area contributed by atoms with E-state index in [0.717, 1.165) is 18.6 Å². The van der Waals surface area contributed by atoms with Crippen LogP contribution in [0.2, 0.25) is 0 Å². The molecular formula is C20H22O2. The summed E-state index contributed by atoms with van der Waals surface area (Å²) in [5, 5.41) is 0. The zero-order valence-electron chi connectivity index (χ0n) is 13.0. The number of hydrogen-bond donors (Lipinski definition) is 0. The van der Waals surface area contributed by atoms with Crippen LogP contribution in [0, 0.1) is 0 Å². The van der Waals surface area contributed by atoms with Crippen LogP contribution >= 0.6 is 0 Å². The Balaban J connectivity index is 1.75. The first kappa shape index (κ1) is 13.8. The second-order valence-corrected chi connectivity index (χ2v) is 6.41. The van der Waals surface area contributed by atoms with Gasteiger partial charge in [0, 0.05) is 0 Å². The van der Waals surface area contributed by atoms with Crippen molar-refractivity contribution in [2.24, 2.45) is 0 Å². The van der Waals surface area contributed by atoms with Gasteiger partial charge in [0.2, 0.25) is 0 Å². The largest absolute Gasteiger partial charge is 0.497 e. The highest BCUT2D eigenvalue weighted by atomic mass is 16.5. The monoisotopic (exact) mass is 294 g/mol. The molecule has 1 fully saturated rings. The second kappa shape index (κ2) is 5.44. The van der Waals surface area contributed by atoms with E-state index in [0.29, 0.717) is 0 Å². The highest BCUT2D eigenvalue weighted by molar-refractivity contribution is 5.44. The third kappa shape index (κ3) is 2.14. The fourth-order valence-corrected chi connectivity index (χ4v) is 4.03. The number of fused-ring (bicyclic) bond motifs is 2. The molecule has 0 saturated heterocycles. The van der Waals surface area contributed by atoms with Gasteiger partial charge in [-0.3, -0.25) is 0 Å². The van der Waals surface area contributed by atoms with Crippen LogP contribution in [-0.4, -0.2) is 7.11 Å². The fourth-order valence-electron chi connectivity index (χ4n) is 4.03. The molecular weight excluding hydrogens is 272 g/mol. The summed E-state index contributed by atoms with van der Waals surface area (Å²) in [7, 11) is 1.70. The highest BCUT2D eigenvalue weighted by Crippen LogP contribution is 2.53. The van der Waals surface area contributed by atoms with Crippen molar-refractivity contribution in [2.45, 2.75) is 43.8 Å². The van der Waals surface area contributed by atoms with E-state index in [9.17, 15) is 0 Å². The lowest BCUT2D eigenvalue weighted by Gasteiger charge is -2.34. The van der Waals surface area contributed by atoms with Crippen molar-refractivity contribution < 1.29 is 9.47 Å². The molecule has 0 aromatic heterocycles. The first-order valence-corrected chi connectivity index (χ1v) is 8.24. The highest BCUT2D eigenvalue weighted by Gasteiger charge is 2.45. The van der Waals surface area contributed by atoms with E-state index in [1.165, 1.54) is 36.0 Å². The number of methoxy groups -OCH3 is 1. The minimum atomic E-state index is -0.0561. The summed E-state index contributed by atoms with van der Waals surface area (Å²) in [6.45, 7) is 0. The maximum Gasteiger partial charge on any atom is 0.118 e. The number of benzene rings is 2. The van der Waals surface area contributed by atoms with E-state index in [2.05, 4.69) is 36.4 Å². The molecule has 2 nitrogen and oxygen atoms in total. The first-order valence-electron chi connectivity index (χ1n) is 8.24. The molecule has 2 aliphatic rings. The van der Waals surface area contributed by atoms with Gasteiger partial charge in [0.05, 0.1) is 12.7 Å². The van der Waals surface area contributed by atoms with E-state index in [1.807, 2.05) is 12.1 Å². The van der Waals surface area contributed by atoms with Crippen LogP contribution in [0.15, 0.2) is 48.5 Å². The third-order valence-corrected chi connectivity index (χ3v) is 5.16. The molecule has 2 aromatic rings. The van der Waals surface area contributed by atoms with E-state index in [-0.39, 0.29) is 11.7 Å². The van der Waals surface area contributed by atoms with E-state index >= 15 is 0 Å². The second-order valence-electron chi connectivity index (χ2n) is 6.41. The third-order valence-electron chi connectivity index (χ3n) is 5.16. The van der Waals surface area contributed by atoms with Crippen molar-refractivity contribution in [3.8, 4) is 5.75 Å². The molecule has 0 radical (unpaired) electrons. The average molecular weight is 294 g/mol. The van der Waals surface area contributed by atoms with E-state index < -0.39 is 0 Å². The molecule has 114 valence electrons. The molecule has 1 aliphatic heterocycles. The fraction of sp³-hybridized carbons (Fsp3) is 0.400. The van der Waals surface area contributed by atoms with Crippen LogP contribution in [0.25, 0.3) is 0 Å². The Hall–Kier alpha value is -1.80. The zero-order valence-corrected chi connectivity index (χ0v) is 13.0. The summed E-state index contributed by atoms with van der Waals surface area (Å²) in [6, 6.07) is 17.1. The zero-order chi connectivity index (χ0) is 15.0. The maximum atomic E-state index is 6.68. The molecule has 2 heteroatoms. The minimum absolute atomic E-state index is 0.0557. The van der Waals surface area contributed by atoms with Crippen LogP contribution in [0.4, 0.5) is 0 Å². The Morgan fingerprint density at radius 1 is 0.955 bits per heavy atom. The van der Waals surface area contributed by atoms with Crippen LogP contribution in [-0.2, 0) is 10.3 Å². The molecule has 1 spiro atoms. The molecule has 2 aromatic carbocycles. The lowest BCUT2D eigenvalue weighted by molar-refractivity contribution is -0.0842. The lowest BCUT2D eigenvalue weighted by atomic mass is 9.79. The van der Waals surface area contributed by atoms with Gasteiger partial charge in [-0.1, -0.05) is 55.7 Å². The van der Waals surface area contributed by atoms with Crippen molar-refractivity contribution in [1.29, 1.82) is 0 Å². The Labute approximate surface area is 132 Å². The smallest absolute Gasteiger partial charge is 0.118 e. The van der Waals surface area contributed by atoms with E-state index in [1.54, 1.807) is 7.11 Å². The van der Waals surface area contributed by atoms with Gasteiger partial charge in [-0.05, 0) is 41.7 Å². The van der Waals surface area contributed by atoms with Crippen molar-refractivity contribution >= 4 is 0 Å². The predicted octanol–water partition coefficient (Wildman–Crippen LogP) is 4.97. The Kier molecular flexibility index (Phi) is 3.42. The molecule has 0 unspecified atom stereocenters. The molecule has 0 N–H and O–H groups in total. The van der Waals surface area contributed by atoms with Crippen LogP contribution in [0.1, 0.15) is 54.9 Å². The predicted molar refractivity (Wildman–Crippen MR) is 87.1 cm³/mol. The SMILES string of the molecule is COc1ccc([C@@H]2OC3(CCCCC3)c3ccccc32)cc1. The van der Waals surface area contributed by atoms with E-state index in [4.69, 9.17) is 9.47 Å². The lowest BCUT2D eigenvalue weighted by Crippen LogP contribution is -2.28. The Morgan fingerprint density at radius 2 is 1.68 bits per heavy atom. The quantitative estimate of drug-likeness (QED) is 0.778. The Morgan fingerprint density at radius 3 is 2.41 bits per heavy atom. The molecule has 0 amide bonds. The van der Waals surface area contributed by atoms with Gasteiger partial charge in [0.1, 0.15) is 11.9 Å². The minimum Gasteiger partial charge on any atom is -0.497 e. The molecule has 1 saturated carbocycles. The topological polar surface area (TPSA) is 18.5 Å². The summed E-state index contributed by atoms with van der Waals surface area (Å²) in [4.78, 5) is 0. The number of hydrogen-bond acceptors (Lipinski definition) is 2. The van der Waals surface area contributed by atoms with Crippen molar-refractivity contribution in [3.63, 3.8) is 0 Å². The molecule has 1 aliphatic carbocycles. The summed E-state index contributed by atoms with van der Waals surface area (Å²) in [6.07, 6.45) is 6.22. The van der Waals surface area contributed by atoms with Gasteiger partial charge in [0.15, 0.2) is 0 Å². The van der Waals surface area contributed by atoms with Gasteiger partial charge < -0.3 is 9.47 Å². The van der Waals surface area contributed by atoms with Gasteiger partial charge in [-0.25, -0.2) is 0 Å². The Bertz CT molecular complexity index is 654. The standard InChI is InChI=1S/C20H22O2/c1-21-16-11-9-15(10-12-16)19-17-7-3-4-8-18(17)20(22-19)13-5-2-6-14-20/h3-4,7-12,19H,2,5-6,13-14H2,1H3/t19-/m0/s1. The molecule has 22 heavy (non-hydrogen) atoms. The molecule has 1 atom stereocenters. The van der Waals surface area contributed by atoms with Crippen molar-refractivity contribution in [1.82, 2.24) is 0 Å². The molecule has 1 heterocycles. The van der Waals surface area contributed by atoms with Gasteiger partial charge >= 0.3 is 0 Å². The van der Waals surface area contributed by atoms with Crippen molar-refractivity contribution in [3.05, 3.63) is 65.2 Å². The number of ether oxygens (including phenoxy) is 2. The summed E-state index contributed by atoms with van der Waals surface area (Å²) < 4.78 is 11.9. The summed E-state index contributed by atoms with van der Waals surface area (Å²) in [5.74, 6) is 0.891. The summed E-state index contributed by atoms with van der Waals surface area (Å²) >= 11 is 0. The number of rotatable bonds is 2. The maximum absolute atomic E-state index is 6.68.